The van der Waals surface area contributed by atoms with Crippen LogP contribution in [0.2, 0.25) is 0 Å². The Morgan fingerprint density at radius 3 is 2.36 bits per heavy atom. The van der Waals surface area contributed by atoms with E-state index in [1.54, 1.807) is 0 Å². The second-order valence-corrected chi connectivity index (χ2v) is 9.81. The van der Waals surface area contributed by atoms with Crippen molar-refractivity contribution < 1.29 is 9.53 Å². The number of hydrogen-bond donors (Lipinski definition) is 0. The Kier molecular flexibility index (Phi) is 9.21. The maximum absolute atomic E-state index is 13.1. The van der Waals surface area contributed by atoms with Gasteiger partial charge in [-0.1, -0.05) is 6.08 Å². The lowest BCUT2D eigenvalue weighted by Gasteiger charge is -2.34. The molecule has 1 aromatic rings. The molecule has 3 saturated heterocycles. The fraction of sp³-hybridized carbons (Fsp3) is 0.667. The smallest absolute Gasteiger partial charge is 0.254 e. The van der Waals surface area contributed by atoms with Crippen LogP contribution in [0.4, 0.5) is 0 Å². The molecule has 0 unspecified atom stereocenters. The standard InChI is InChI=1S/C27H42N4O2/c1-2-13-28-18-20-29(21-19-28)14-5-6-22-33-26-11-9-24(10-12-26)27(32)31-17-7-8-25(31)23-30-15-3-4-16-30/h2,9-12,25H,1,3-8,13-23H2/t25-/m0/s1. The van der Waals surface area contributed by atoms with Gasteiger partial charge in [-0.2, -0.15) is 0 Å². The van der Waals surface area contributed by atoms with Crippen LogP contribution >= 0.6 is 0 Å². The minimum absolute atomic E-state index is 0.177. The van der Waals surface area contributed by atoms with Gasteiger partial charge in [0.05, 0.1) is 6.61 Å². The molecule has 0 radical (unpaired) electrons. The number of carbonyl (C=O) groups is 1. The largest absolute Gasteiger partial charge is 0.494 e. The molecule has 33 heavy (non-hydrogen) atoms. The van der Waals surface area contributed by atoms with Crippen molar-refractivity contribution in [1.82, 2.24) is 19.6 Å². The van der Waals surface area contributed by atoms with Gasteiger partial charge in [-0.15, -0.1) is 6.58 Å². The zero-order valence-corrected chi connectivity index (χ0v) is 20.3. The number of unbranched alkanes of at least 4 members (excludes halogenated alkanes) is 1. The van der Waals surface area contributed by atoms with E-state index in [9.17, 15) is 4.79 Å². The third kappa shape index (κ3) is 7.05. The van der Waals surface area contributed by atoms with Crippen molar-refractivity contribution in [3.8, 4) is 5.75 Å². The van der Waals surface area contributed by atoms with Gasteiger partial charge in [0.25, 0.3) is 5.91 Å². The van der Waals surface area contributed by atoms with Crippen molar-refractivity contribution in [3.05, 3.63) is 42.5 Å². The van der Waals surface area contributed by atoms with Gasteiger partial charge in [-0.05, 0) is 82.4 Å². The Morgan fingerprint density at radius 2 is 1.64 bits per heavy atom. The Bertz CT molecular complexity index is 739. The van der Waals surface area contributed by atoms with Gasteiger partial charge < -0.3 is 19.4 Å². The second-order valence-electron chi connectivity index (χ2n) is 9.81. The molecule has 0 aliphatic carbocycles. The molecule has 4 rings (SSSR count). The molecule has 6 nitrogen and oxygen atoms in total. The molecule has 3 heterocycles. The molecular weight excluding hydrogens is 412 g/mol. The molecule has 6 heteroatoms. The molecule has 1 atom stereocenters. The van der Waals surface area contributed by atoms with Gasteiger partial charge in [0.2, 0.25) is 0 Å². The van der Waals surface area contributed by atoms with E-state index in [0.717, 1.165) is 96.0 Å². The predicted molar refractivity (Wildman–Crippen MR) is 134 cm³/mol. The quantitative estimate of drug-likeness (QED) is 0.379. The molecular formula is C27H42N4O2. The number of hydrogen-bond acceptors (Lipinski definition) is 5. The Morgan fingerprint density at radius 1 is 0.909 bits per heavy atom. The minimum Gasteiger partial charge on any atom is -0.494 e. The van der Waals surface area contributed by atoms with Crippen molar-refractivity contribution in [1.29, 1.82) is 0 Å². The lowest BCUT2D eigenvalue weighted by molar-refractivity contribution is 0.0708. The predicted octanol–water partition coefficient (Wildman–Crippen LogP) is 3.35. The summed E-state index contributed by atoms with van der Waals surface area (Å²) in [4.78, 5) is 22.7. The SMILES string of the molecule is C=CCN1CCN(CCCCOc2ccc(C(=O)N3CCC[C@H]3CN3CCCC3)cc2)CC1. The number of likely N-dealkylation sites (tertiary alicyclic amines) is 2. The van der Waals surface area contributed by atoms with Crippen LogP contribution in [0.15, 0.2) is 36.9 Å². The van der Waals surface area contributed by atoms with Gasteiger partial charge in [0, 0.05) is 57.4 Å². The van der Waals surface area contributed by atoms with E-state index in [1.165, 1.54) is 25.9 Å². The first-order valence-electron chi connectivity index (χ1n) is 13.0. The van der Waals surface area contributed by atoms with Crippen LogP contribution in [-0.4, -0.2) is 104 Å². The molecule has 0 bridgehead atoms. The van der Waals surface area contributed by atoms with Gasteiger partial charge in [-0.3, -0.25) is 9.69 Å². The van der Waals surface area contributed by atoms with E-state index in [-0.39, 0.29) is 5.91 Å². The van der Waals surface area contributed by atoms with Crippen LogP contribution in [0.5, 0.6) is 5.75 Å². The number of piperazine rings is 1. The van der Waals surface area contributed by atoms with Gasteiger partial charge in [0.1, 0.15) is 5.75 Å². The summed E-state index contributed by atoms with van der Waals surface area (Å²) >= 11 is 0. The van der Waals surface area contributed by atoms with Crippen LogP contribution < -0.4 is 4.74 Å². The maximum atomic E-state index is 13.1. The molecule has 182 valence electrons. The van der Waals surface area contributed by atoms with Crippen molar-refractivity contribution in [2.45, 2.75) is 44.6 Å². The summed E-state index contributed by atoms with van der Waals surface area (Å²) in [5.74, 6) is 1.04. The summed E-state index contributed by atoms with van der Waals surface area (Å²) in [5.41, 5.74) is 0.784. The molecule has 1 amide bonds. The summed E-state index contributed by atoms with van der Waals surface area (Å²) in [6.45, 7) is 15.6. The van der Waals surface area contributed by atoms with Crippen molar-refractivity contribution in [2.24, 2.45) is 0 Å². The highest BCUT2D eigenvalue weighted by atomic mass is 16.5. The number of ether oxygens (including phenoxy) is 1. The van der Waals surface area contributed by atoms with Crippen molar-refractivity contribution in [2.75, 3.05) is 72.1 Å². The molecule has 0 saturated carbocycles. The molecule has 3 aliphatic heterocycles. The third-order valence-electron chi connectivity index (χ3n) is 7.40. The van der Waals surface area contributed by atoms with Crippen LogP contribution in [-0.2, 0) is 0 Å². The zero-order valence-electron chi connectivity index (χ0n) is 20.3. The van der Waals surface area contributed by atoms with Gasteiger partial charge in [-0.25, -0.2) is 0 Å². The first kappa shape index (κ1) is 24.2. The number of carbonyl (C=O) groups excluding carboxylic acids is 1. The molecule has 0 spiro atoms. The highest BCUT2D eigenvalue weighted by molar-refractivity contribution is 5.94. The fourth-order valence-electron chi connectivity index (χ4n) is 5.42. The molecule has 3 aliphatic rings. The first-order chi connectivity index (χ1) is 16.2. The molecule has 0 N–H and O–H groups in total. The summed E-state index contributed by atoms with van der Waals surface area (Å²) in [6.07, 6.45) is 9.06. The summed E-state index contributed by atoms with van der Waals surface area (Å²) in [7, 11) is 0. The topological polar surface area (TPSA) is 39.3 Å². The van der Waals surface area contributed by atoms with Gasteiger partial charge in [0.15, 0.2) is 0 Å². The third-order valence-corrected chi connectivity index (χ3v) is 7.40. The second kappa shape index (κ2) is 12.5. The summed E-state index contributed by atoms with van der Waals surface area (Å²) < 4.78 is 5.95. The van der Waals surface area contributed by atoms with Crippen LogP contribution in [0.25, 0.3) is 0 Å². The van der Waals surface area contributed by atoms with E-state index in [0.29, 0.717) is 6.04 Å². The van der Waals surface area contributed by atoms with Gasteiger partial charge >= 0.3 is 0 Å². The highest BCUT2D eigenvalue weighted by Gasteiger charge is 2.31. The number of amides is 1. The lowest BCUT2D eigenvalue weighted by atomic mass is 10.1. The van der Waals surface area contributed by atoms with Crippen LogP contribution in [0.1, 0.15) is 48.9 Å². The van der Waals surface area contributed by atoms with E-state index < -0.39 is 0 Å². The molecule has 1 aromatic carbocycles. The monoisotopic (exact) mass is 454 g/mol. The highest BCUT2D eigenvalue weighted by Crippen LogP contribution is 2.23. The Balaban J connectivity index is 1.14. The summed E-state index contributed by atoms with van der Waals surface area (Å²) in [5, 5.41) is 0. The molecule has 3 fully saturated rings. The Labute approximate surface area is 200 Å². The maximum Gasteiger partial charge on any atom is 0.254 e. The average Bonchev–Trinajstić information content (AvgIpc) is 3.53. The van der Waals surface area contributed by atoms with Crippen molar-refractivity contribution in [3.63, 3.8) is 0 Å². The summed E-state index contributed by atoms with van der Waals surface area (Å²) in [6, 6.07) is 8.16. The molecule has 0 aromatic heterocycles. The van der Waals surface area contributed by atoms with Crippen molar-refractivity contribution >= 4 is 5.91 Å². The van der Waals surface area contributed by atoms with Crippen LogP contribution in [0.3, 0.4) is 0 Å². The first-order valence-corrected chi connectivity index (χ1v) is 13.0. The van der Waals surface area contributed by atoms with Crippen LogP contribution in [0, 0.1) is 0 Å². The zero-order chi connectivity index (χ0) is 22.9. The fourth-order valence-corrected chi connectivity index (χ4v) is 5.42. The minimum atomic E-state index is 0.177. The Hall–Kier alpha value is -1.89. The van der Waals surface area contributed by atoms with E-state index >= 15 is 0 Å². The van der Waals surface area contributed by atoms with E-state index in [4.69, 9.17) is 4.74 Å². The lowest BCUT2D eigenvalue weighted by Crippen LogP contribution is -2.46. The number of nitrogens with zero attached hydrogens (tertiary/aromatic N) is 4. The van der Waals surface area contributed by atoms with E-state index in [2.05, 4.69) is 26.2 Å². The number of benzene rings is 1. The normalized spacial score (nSPS) is 22.7. The number of rotatable bonds is 11. The average molecular weight is 455 g/mol. The van der Waals surface area contributed by atoms with E-state index in [1.807, 2.05) is 30.3 Å².